The third-order valence-corrected chi connectivity index (χ3v) is 4.55. The maximum absolute atomic E-state index is 11.3. The molecule has 0 bridgehead atoms. The predicted molar refractivity (Wildman–Crippen MR) is 77.6 cm³/mol. The van der Waals surface area contributed by atoms with Gasteiger partial charge in [0.25, 0.3) is 0 Å². The number of nitrogens with one attached hydrogen (secondary N) is 1. The van der Waals surface area contributed by atoms with E-state index in [1.54, 1.807) is 0 Å². The van der Waals surface area contributed by atoms with Gasteiger partial charge in [0.2, 0.25) is 10.0 Å². The summed E-state index contributed by atoms with van der Waals surface area (Å²) < 4.78 is 51.5. The first-order valence-electron chi connectivity index (χ1n) is 5.59. The second-order valence-electron chi connectivity index (χ2n) is 4.15. The quantitative estimate of drug-likeness (QED) is 0.174. The molecule has 2 aromatic rings. The second kappa shape index (κ2) is 10.2. The molecule has 0 saturated heterocycles. The number of hydrogen-bond acceptors (Lipinski definition) is 8. The van der Waals surface area contributed by atoms with E-state index in [-0.39, 0.29) is 48.3 Å². The Balaban J connectivity index is 0.00000264. The van der Waals surface area contributed by atoms with Crippen LogP contribution in [0.5, 0.6) is 0 Å². The molecule has 0 aromatic heterocycles. The Labute approximate surface area is 169 Å². The standard InChI is InChI=1S/C11H11NO7S3.2Li/c1-22(16,17)12-7-2-3-8-9(6-7)10(20-19-18-13)4-5-11(8)21(14)15;;/h2-6,12-13H,1H3,(H,14,15);;/q;2*+1/p-2. The summed E-state index contributed by atoms with van der Waals surface area (Å²) in [5, 5.41) is 13.9. The van der Waals surface area contributed by atoms with Gasteiger partial charge in [-0.25, -0.2) is 8.42 Å². The zero-order valence-corrected chi connectivity index (χ0v) is 15.4. The molecule has 120 valence electrons. The Morgan fingerprint density at radius 3 is 2.38 bits per heavy atom. The van der Waals surface area contributed by atoms with Gasteiger partial charge in [0.05, 0.1) is 18.3 Å². The van der Waals surface area contributed by atoms with E-state index in [9.17, 15) is 22.4 Å². The number of anilines is 1. The molecular weight excluding hydrogens is 368 g/mol. The zero-order chi connectivity index (χ0) is 16.3. The van der Waals surface area contributed by atoms with Crippen molar-refractivity contribution in [1.29, 1.82) is 0 Å². The largest absolute Gasteiger partial charge is 1.00 e. The Kier molecular flexibility index (Phi) is 10.2. The maximum Gasteiger partial charge on any atom is 1.00 e. The normalized spacial score (nSPS) is 12.1. The van der Waals surface area contributed by atoms with Crippen molar-refractivity contribution in [2.24, 2.45) is 0 Å². The smallest absolute Gasteiger partial charge is 0.768 e. The molecule has 0 aliphatic heterocycles. The fourth-order valence-electron chi connectivity index (χ4n) is 1.84. The molecule has 0 spiro atoms. The van der Waals surface area contributed by atoms with Crippen LogP contribution in [-0.4, -0.2) is 23.4 Å². The first kappa shape index (κ1) is 24.0. The molecule has 0 saturated carbocycles. The number of benzene rings is 2. The van der Waals surface area contributed by atoms with Crippen molar-refractivity contribution in [1.82, 2.24) is 0 Å². The fraction of sp³-hybridized carbons (Fsp3) is 0.0909. The summed E-state index contributed by atoms with van der Waals surface area (Å²) in [5.41, 5.74) is 0.244. The topological polar surface area (TPSA) is 128 Å². The van der Waals surface area contributed by atoms with Crippen molar-refractivity contribution in [3.05, 3.63) is 30.3 Å². The molecule has 1 atom stereocenters. The fourth-order valence-corrected chi connectivity index (χ4v) is 3.42. The van der Waals surface area contributed by atoms with Crippen LogP contribution in [0.3, 0.4) is 0 Å². The number of fused-ring (bicyclic) bond motifs is 1. The van der Waals surface area contributed by atoms with Crippen molar-refractivity contribution in [2.45, 2.75) is 9.79 Å². The van der Waals surface area contributed by atoms with E-state index in [1.165, 1.54) is 30.3 Å². The SMILES string of the molecule is CS(=O)(=O)Nc1ccc2c(S(=O)[O-])ccc(SOO[O-])c2c1.[Li+].[Li+]. The predicted octanol–water partition coefficient (Wildman–Crippen LogP) is -5.31. The van der Waals surface area contributed by atoms with Gasteiger partial charge in [-0.1, -0.05) is 6.07 Å². The zero-order valence-electron chi connectivity index (χ0n) is 13.0. The molecule has 13 heteroatoms. The van der Waals surface area contributed by atoms with Crippen LogP contribution in [0.1, 0.15) is 0 Å². The van der Waals surface area contributed by atoms with Crippen LogP contribution in [0.2, 0.25) is 0 Å². The summed E-state index contributed by atoms with van der Waals surface area (Å²) in [5.74, 6) is 0. The van der Waals surface area contributed by atoms with Crippen LogP contribution in [0, 0.1) is 0 Å². The van der Waals surface area contributed by atoms with Gasteiger partial charge in [0.15, 0.2) is 0 Å². The average Bonchev–Trinajstić information content (AvgIpc) is 2.42. The van der Waals surface area contributed by atoms with Crippen LogP contribution in [0.4, 0.5) is 5.69 Å². The summed E-state index contributed by atoms with van der Waals surface area (Å²) in [6.07, 6.45) is 0.990. The molecular formula is C11H9Li2NO7S3. The van der Waals surface area contributed by atoms with Gasteiger partial charge in [0, 0.05) is 20.9 Å². The monoisotopic (exact) mass is 377 g/mol. The molecule has 2 aromatic carbocycles. The molecule has 0 aliphatic rings. The van der Waals surface area contributed by atoms with E-state index >= 15 is 0 Å². The Morgan fingerprint density at radius 2 is 1.83 bits per heavy atom. The van der Waals surface area contributed by atoms with Crippen molar-refractivity contribution in [2.75, 3.05) is 11.0 Å². The van der Waals surface area contributed by atoms with Crippen LogP contribution in [0.25, 0.3) is 10.8 Å². The number of sulfonamides is 1. The van der Waals surface area contributed by atoms with Crippen molar-refractivity contribution < 1.29 is 69.5 Å². The minimum absolute atomic E-state index is 0. The first-order valence-corrected chi connectivity index (χ1v) is 9.29. The van der Waals surface area contributed by atoms with Gasteiger partial charge in [0.1, 0.15) is 0 Å². The first-order chi connectivity index (χ1) is 10.3. The molecule has 0 fully saturated rings. The summed E-state index contributed by atoms with van der Waals surface area (Å²) in [4.78, 5) is 0.422. The van der Waals surface area contributed by atoms with Crippen LogP contribution in [0.15, 0.2) is 40.1 Å². The molecule has 1 unspecified atom stereocenters. The summed E-state index contributed by atoms with van der Waals surface area (Å²) >= 11 is -1.89. The van der Waals surface area contributed by atoms with E-state index in [0.29, 0.717) is 27.7 Å². The van der Waals surface area contributed by atoms with Crippen molar-refractivity contribution in [3.8, 4) is 0 Å². The molecule has 0 heterocycles. The average molecular weight is 377 g/mol. The molecule has 24 heavy (non-hydrogen) atoms. The van der Waals surface area contributed by atoms with Gasteiger partial charge in [-0.2, -0.15) is 4.33 Å². The summed E-state index contributed by atoms with van der Waals surface area (Å²) in [6.45, 7) is 0. The van der Waals surface area contributed by atoms with Crippen LogP contribution < -0.4 is 47.7 Å². The second-order valence-corrected chi connectivity index (χ2v) is 7.55. The van der Waals surface area contributed by atoms with Gasteiger partial charge in [-0.15, -0.1) is 0 Å². The Hall–Kier alpha value is -0.0152. The minimum Gasteiger partial charge on any atom is -0.768 e. The van der Waals surface area contributed by atoms with Gasteiger partial charge in [-0.05, 0) is 40.7 Å². The third-order valence-electron chi connectivity index (χ3n) is 2.57. The third kappa shape index (κ3) is 6.37. The Morgan fingerprint density at radius 1 is 1.17 bits per heavy atom. The Bertz CT molecular complexity index is 832. The van der Waals surface area contributed by atoms with E-state index in [1.807, 2.05) is 0 Å². The van der Waals surface area contributed by atoms with Crippen LogP contribution >= 0.6 is 12.0 Å². The molecule has 1 N–H and O–H groups in total. The summed E-state index contributed by atoms with van der Waals surface area (Å²) in [7, 11) is -3.49. The summed E-state index contributed by atoms with van der Waals surface area (Å²) in [6, 6.07) is 7.07. The van der Waals surface area contributed by atoms with E-state index in [2.05, 4.69) is 14.1 Å². The van der Waals surface area contributed by atoms with Crippen molar-refractivity contribution in [3.63, 3.8) is 0 Å². The molecule has 0 aliphatic carbocycles. The van der Waals surface area contributed by atoms with E-state index < -0.39 is 21.1 Å². The number of rotatable bonds is 6. The molecule has 8 nitrogen and oxygen atoms in total. The van der Waals surface area contributed by atoms with E-state index in [4.69, 9.17) is 0 Å². The molecule has 0 amide bonds. The van der Waals surface area contributed by atoms with Gasteiger partial charge < -0.3 is 9.81 Å². The minimum atomic E-state index is -3.49. The van der Waals surface area contributed by atoms with Gasteiger partial charge >= 0.3 is 37.7 Å². The maximum atomic E-state index is 11.3. The molecule has 2 rings (SSSR count). The molecule has 0 radical (unpaired) electrons. The van der Waals surface area contributed by atoms with Crippen molar-refractivity contribution >= 4 is 49.6 Å². The number of hydrogen-bond donors (Lipinski definition) is 1. The van der Waals surface area contributed by atoms with Gasteiger partial charge in [-0.3, -0.25) is 14.0 Å². The van der Waals surface area contributed by atoms with Crippen LogP contribution in [-0.2, 0) is 30.5 Å². The van der Waals surface area contributed by atoms with E-state index in [0.717, 1.165) is 6.26 Å².